The van der Waals surface area contributed by atoms with Gasteiger partial charge in [0.05, 0.1) is 18.2 Å². The molecular formula is C24H21N3O5. The van der Waals surface area contributed by atoms with Crippen LogP contribution in [0.3, 0.4) is 0 Å². The summed E-state index contributed by atoms with van der Waals surface area (Å²) >= 11 is 0. The quantitative estimate of drug-likeness (QED) is 0.456. The lowest BCUT2D eigenvalue weighted by Crippen LogP contribution is -2.46. The Balaban J connectivity index is 1.74. The fourth-order valence-corrected chi connectivity index (χ4v) is 4.16. The first-order chi connectivity index (χ1) is 15.5. The van der Waals surface area contributed by atoms with Gasteiger partial charge in [-0.2, -0.15) is 5.26 Å². The van der Waals surface area contributed by atoms with Crippen LogP contribution in [0.25, 0.3) is 10.8 Å². The number of nitriles is 1. The molecule has 0 spiro atoms. The smallest absolute Gasteiger partial charge is 0.308 e. The van der Waals surface area contributed by atoms with Crippen LogP contribution in [0, 0.1) is 17.4 Å². The molecule has 1 aliphatic carbocycles. The second-order valence-corrected chi connectivity index (χ2v) is 7.69. The summed E-state index contributed by atoms with van der Waals surface area (Å²) in [4.78, 5) is 30.1. The highest BCUT2D eigenvalue weighted by atomic mass is 16.5. The molecule has 2 aromatic carbocycles. The zero-order valence-electron chi connectivity index (χ0n) is 17.1. The molecule has 1 fully saturated rings. The maximum absolute atomic E-state index is 13.4. The first kappa shape index (κ1) is 21.1. The summed E-state index contributed by atoms with van der Waals surface area (Å²) in [6.07, 6.45) is 5.33. The van der Waals surface area contributed by atoms with Gasteiger partial charge in [0.2, 0.25) is 0 Å². The van der Waals surface area contributed by atoms with Crippen molar-refractivity contribution in [2.45, 2.75) is 31.7 Å². The van der Waals surface area contributed by atoms with E-state index in [9.17, 15) is 25.1 Å². The summed E-state index contributed by atoms with van der Waals surface area (Å²) in [5, 5.41) is 30.3. The van der Waals surface area contributed by atoms with Gasteiger partial charge in [0.25, 0.3) is 5.91 Å². The van der Waals surface area contributed by atoms with Gasteiger partial charge in [-0.05, 0) is 43.2 Å². The van der Waals surface area contributed by atoms with Gasteiger partial charge >= 0.3 is 5.97 Å². The third-order valence-electron chi connectivity index (χ3n) is 5.72. The van der Waals surface area contributed by atoms with Crippen LogP contribution in [0.2, 0.25) is 0 Å². The maximum Gasteiger partial charge on any atom is 0.308 e. The number of carbonyl (C=O) groups is 2. The average molecular weight is 431 g/mol. The lowest BCUT2D eigenvalue weighted by Gasteiger charge is -2.33. The van der Waals surface area contributed by atoms with E-state index in [0.29, 0.717) is 35.1 Å². The van der Waals surface area contributed by atoms with Crippen molar-refractivity contribution in [3.8, 4) is 23.4 Å². The van der Waals surface area contributed by atoms with Crippen LogP contribution in [0.4, 0.5) is 0 Å². The molecule has 0 radical (unpaired) electrons. The number of ether oxygens (including phenoxy) is 1. The molecule has 2 unspecified atom stereocenters. The van der Waals surface area contributed by atoms with Crippen LogP contribution in [0.1, 0.15) is 36.2 Å². The second-order valence-electron chi connectivity index (χ2n) is 7.69. The van der Waals surface area contributed by atoms with E-state index in [1.807, 2.05) is 24.4 Å². The minimum absolute atomic E-state index is 0.0485. The Kier molecular flexibility index (Phi) is 5.90. The van der Waals surface area contributed by atoms with Crippen molar-refractivity contribution in [1.29, 1.82) is 5.26 Å². The highest BCUT2D eigenvalue weighted by molar-refractivity contribution is 6.07. The molecule has 1 heterocycles. The van der Waals surface area contributed by atoms with Crippen LogP contribution < -0.4 is 4.74 Å². The molecule has 32 heavy (non-hydrogen) atoms. The van der Waals surface area contributed by atoms with Gasteiger partial charge in [-0.15, -0.1) is 0 Å². The van der Waals surface area contributed by atoms with Gasteiger partial charge in [0.1, 0.15) is 22.9 Å². The number of aliphatic carboxylic acids is 1. The van der Waals surface area contributed by atoms with Crippen molar-refractivity contribution in [2.75, 3.05) is 0 Å². The lowest BCUT2D eigenvalue weighted by atomic mass is 9.83. The Labute approximate surface area is 184 Å². The number of hydrogen-bond donors (Lipinski definition) is 2. The van der Waals surface area contributed by atoms with E-state index >= 15 is 0 Å². The van der Waals surface area contributed by atoms with E-state index in [1.54, 1.807) is 30.3 Å². The molecule has 0 saturated heterocycles. The molecule has 4 rings (SSSR count). The van der Waals surface area contributed by atoms with Crippen LogP contribution in [-0.4, -0.2) is 38.0 Å². The first-order valence-corrected chi connectivity index (χ1v) is 10.3. The van der Waals surface area contributed by atoms with Crippen molar-refractivity contribution in [3.63, 3.8) is 0 Å². The number of amides is 1. The number of nitrogens with zero attached hydrogens (tertiary/aromatic N) is 3. The number of rotatable bonds is 5. The molecule has 8 nitrogen and oxygen atoms in total. The zero-order valence-corrected chi connectivity index (χ0v) is 17.1. The number of carboxylic acids is 1. The first-order valence-electron chi connectivity index (χ1n) is 10.3. The van der Waals surface area contributed by atoms with E-state index in [4.69, 9.17) is 4.74 Å². The normalized spacial score (nSPS) is 18.0. The lowest BCUT2D eigenvalue weighted by molar-refractivity contribution is -0.144. The second kappa shape index (κ2) is 8.94. The molecule has 1 aromatic heterocycles. The number of pyridine rings is 1. The molecule has 0 aliphatic heterocycles. The summed E-state index contributed by atoms with van der Waals surface area (Å²) in [6.45, 7) is 0. The van der Waals surface area contributed by atoms with Crippen LogP contribution >= 0.6 is 0 Å². The Morgan fingerprint density at radius 2 is 1.81 bits per heavy atom. The Bertz CT molecular complexity index is 1210. The molecule has 1 aliphatic rings. The Hall–Kier alpha value is -4.12. The zero-order chi connectivity index (χ0) is 22.7. The Morgan fingerprint density at radius 3 is 2.53 bits per heavy atom. The maximum atomic E-state index is 13.4. The van der Waals surface area contributed by atoms with E-state index in [-0.39, 0.29) is 11.4 Å². The number of carboxylic acid groups (broad SMARTS) is 1. The van der Waals surface area contributed by atoms with Gasteiger partial charge in [0, 0.05) is 10.8 Å². The van der Waals surface area contributed by atoms with E-state index < -0.39 is 23.8 Å². The number of fused-ring (bicyclic) bond motifs is 1. The molecule has 1 saturated carbocycles. The van der Waals surface area contributed by atoms with E-state index in [2.05, 4.69) is 4.98 Å². The minimum Gasteiger partial charge on any atom is -0.506 e. The molecule has 162 valence electrons. The SMILES string of the molecule is N#CN(C(=O)c1ncc(O)c2ccc(Oc3ccccc3)cc12)C1CCCCC1C(=O)O. The van der Waals surface area contributed by atoms with Gasteiger partial charge in [0.15, 0.2) is 6.19 Å². The fraction of sp³-hybridized carbons (Fsp3) is 0.250. The van der Waals surface area contributed by atoms with E-state index in [1.165, 1.54) is 0 Å². The number of hydrogen-bond acceptors (Lipinski definition) is 6. The average Bonchev–Trinajstić information content (AvgIpc) is 2.80. The predicted octanol–water partition coefficient (Wildman–Crippen LogP) is 4.30. The fourth-order valence-electron chi connectivity index (χ4n) is 4.16. The third-order valence-corrected chi connectivity index (χ3v) is 5.72. The van der Waals surface area contributed by atoms with Gasteiger partial charge < -0.3 is 14.9 Å². The molecule has 1 amide bonds. The molecular weight excluding hydrogens is 410 g/mol. The number of para-hydroxylation sites is 1. The monoisotopic (exact) mass is 431 g/mol. The van der Waals surface area contributed by atoms with Crippen molar-refractivity contribution >= 4 is 22.6 Å². The number of aromatic hydroxyl groups is 1. The number of benzene rings is 2. The summed E-state index contributed by atoms with van der Waals surface area (Å²) in [5.74, 6) is -1.63. The number of aromatic nitrogens is 1. The highest BCUT2D eigenvalue weighted by Crippen LogP contribution is 2.34. The summed E-state index contributed by atoms with van der Waals surface area (Å²) in [7, 11) is 0. The number of carbonyl (C=O) groups excluding carboxylic acids is 1. The standard InChI is InChI=1S/C24H21N3O5/c25-14-27(20-9-5-4-8-18(20)24(30)31)23(29)22-19-12-16(32-15-6-2-1-3-7-15)10-11-17(19)21(28)13-26-22/h1-3,6-7,10-13,18,20,28H,4-5,8-9H2,(H,30,31). The molecule has 3 aromatic rings. The van der Waals surface area contributed by atoms with Crippen molar-refractivity contribution < 1.29 is 24.5 Å². The molecule has 8 heteroatoms. The minimum atomic E-state index is -1.02. The van der Waals surface area contributed by atoms with E-state index in [0.717, 1.165) is 23.9 Å². The van der Waals surface area contributed by atoms with Gasteiger partial charge in [-0.3, -0.25) is 9.59 Å². The van der Waals surface area contributed by atoms with Crippen LogP contribution in [-0.2, 0) is 4.79 Å². The summed E-state index contributed by atoms with van der Waals surface area (Å²) in [6, 6.07) is 13.2. The topological polar surface area (TPSA) is 124 Å². The largest absolute Gasteiger partial charge is 0.506 e. The highest BCUT2D eigenvalue weighted by Gasteiger charge is 2.38. The molecule has 0 bridgehead atoms. The third kappa shape index (κ3) is 4.05. The van der Waals surface area contributed by atoms with Crippen molar-refractivity contribution in [2.24, 2.45) is 5.92 Å². The van der Waals surface area contributed by atoms with Crippen molar-refractivity contribution in [1.82, 2.24) is 9.88 Å². The van der Waals surface area contributed by atoms with Crippen LogP contribution in [0.5, 0.6) is 17.2 Å². The predicted molar refractivity (Wildman–Crippen MR) is 115 cm³/mol. The van der Waals surface area contributed by atoms with Crippen LogP contribution in [0.15, 0.2) is 54.7 Å². The molecule has 2 N–H and O–H groups in total. The van der Waals surface area contributed by atoms with Crippen molar-refractivity contribution in [3.05, 3.63) is 60.4 Å². The van der Waals surface area contributed by atoms with Gasteiger partial charge in [-0.25, -0.2) is 9.88 Å². The Morgan fingerprint density at radius 1 is 1.06 bits per heavy atom. The van der Waals surface area contributed by atoms with Gasteiger partial charge in [-0.1, -0.05) is 31.0 Å². The summed E-state index contributed by atoms with van der Waals surface area (Å²) < 4.78 is 5.84. The summed E-state index contributed by atoms with van der Waals surface area (Å²) in [5.41, 5.74) is -0.0485. The molecule has 2 atom stereocenters.